The number of ether oxygens (including phenoxy) is 1. The van der Waals surface area contributed by atoms with Crippen LogP contribution in [0.5, 0.6) is 0 Å². The maximum absolute atomic E-state index is 11.0. The molecule has 0 radical (unpaired) electrons. The lowest BCUT2D eigenvalue weighted by Crippen LogP contribution is -2.46. The average Bonchev–Trinajstić information content (AvgIpc) is 3.51. The maximum Gasteiger partial charge on any atom is 0.162 e. The topological polar surface area (TPSA) is 108 Å². The van der Waals surface area contributed by atoms with Crippen molar-refractivity contribution in [2.75, 3.05) is 63.3 Å². The van der Waals surface area contributed by atoms with Gasteiger partial charge in [0.1, 0.15) is 0 Å². The van der Waals surface area contributed by atoms with E-state index in [-0.39, 0.29) is 5.88 Å². The molecule has 12 heteroatoms. The van der Waals surface area contributed by atoms with Gasteiger partial charge < -0.3 is 9.64 Å². The van der Waals surface area contributed by atoms with Crippen LogP contribution in [0.4, 0.5) is 5.82 Å². The molecule has 5 heterocycles. The molecule has 2 aliphatic rings. The Morgan fingerprint density at radius 2 is 1.83 bits per heavy atom. The summed E-state index contributed by atoms with van der Waals surface area (Å²) in [5, 5.41) is 8.25. The van der Waals surface area contributed by atoms with Crippen LogP contribution in [0.3, 0.4) is 0 Å². The van der Waals surface area contributed by atoms with Gasteiger partial charge in [-0.2, -0.15) is 5.10 Å². The highest BCUT2D eigenvalue weighted by atomic mass is 32.2. The minimum Gasteiger partial charge on any atom is -0.378 e. The van der Waals surface area contributed by atoms with E-state index >= 15 is 0 Å². The van der Waals surface area contributed by atoms with E-state index in [1.807, 2.05) is 29.3 Å². The van der Waals surface area contributed by atoms with Crippen LogP contribution in [0.1, 0.15) is 4.88 Å². The lowest BCUT2D eigenvalue weighted by Gasteiger charge is -2.33. The monoisotopic (exact) mass is 513 g/mol. The number of fused-ring (bicyclic) bond motifs is 2. The number of piperazine rings is 1. The second kappa shape index (κ2) is 9.78. The van der Waals surface area contributed by atoms with Crippen LogP contribution in [0.25, 0.3) is 32.5 Å². The van der Waals surface area contributed by atoms with Gasteiger partial charge in [0.05, 0.1) is 41.0 Å². The molecule has 184 valence electrons. The van der Waals surface area contributed by atoms with Crippen molar-refractivity contribution in [3.63, 3.8) is 0 Å². The molecule has 0 unspecified atom stereocenters. The SMILES string of the molecule is O=[SH](=O)CN1CCN(Cc2cc3nc(-c4cccc5[nH]ncc45)nc(N4CCOCC4)c3s2)CC1. The maximum atomic E-state index is 11.0. The zero-order valence-electron chi connectivity index (χ0n) is 19.2. The zero-order valence-corrected chi connectivity index (χ0v) is 20.9. The Hall–Kier alpha value is -2.64. The summed E-state index contributed by atoms with van der Waals surface area (Å²) in [6.07, 6.45) is 1.83. The van der Waals surface area contributed by atoms with Crippen molar-refractivity contribution in [3.8, 4) is 11.4 Å². The van der Waals surface area contributed by atoms with Crippen LogP contribution >= 0.6 is 11.3 Å². The number of aromatic nitrogens is 4. The number of thiol groups is 1. The molecule has 0 saturated carbocycles. The second-order valence-electron chi connectivity index (χ2n) is 8.90. The minimum atomic E-state index is -2.37. The number of nitrogens with one attached hydrogen (secondary N) is 1. The molecule has 0 atom stereocenters. The first-order valence-corrected chi connectivity index (χ1v) is 13.9. The number of H-pyrrole nitrogens is 1. The molecule has 0 bridgehead atoms. The van der Waals surface area contributed by atoms with E-state index in [1.165, 1.54) is 4.88 Å². The molecule has 1 N–H and O–H groups in total. The summed E-state index contributed by atoms with van der Waals surface area (Å²) in [4.78, 5) is 18.0. The third-order valence-electron chi connectivity index (χ3n) is 6.60. The third-order valence-corrected chi connectivity index (χ3v) is 8.34. The standard InChI is InChI=1S/C23H27N7O3S2/c31-35(32)15-29-6-4-28(5-7-29)14-16-12-20-21(34-16)23(30-8-10-33-11-9-30)26-22(25-20)17-2-1-3-19-18(17)13-24-27-19/h1-3,12-13,35H,4-11,14-15H2,(H,24,27). The minimum absolute atomic E-state index is 0.150. The molecule has 3 aromatic heterocycles. The molecule has 2 aliphatic heterocycles. The highest BCUT2D eigenvalue weighted by molar-refractivity contribution is 7.72. The number of rotatable bonds is 6. The predicted molar refractivity (Wildman–Crippen MR) is 138 cm³/mol. The van der Waals surface area contributed by atoms with E-state index in [1.54, 1.807) is 11.3 Å². The number of morpholine rings is 1. The third kappa shape index (κ3) is 4.76. The zero-order chi connectivity index (χ0) is 23.8. The number of thiophene rings is 1. The smallest absolute Gasteiger partial charge is 0.162 e. The highest BCUT2D eigenvalue weighted by Crippen LogP contribution is 2.36. The number of nitrogens with zero attached hydrogens (tertiary/aromatic N) is 6. The van der Waals surface area contributed by atoms with Crippen LogP contribution < -0.4 is 4.90 Å². The number of anilines is 1. The van der Waals surface area contributed by atoms with Crippen molar-refractivity contribution in [2.45, 2.75) is 6.54 Å². The molecule has 0 spiro atoms. The molecule has 2 saturated heterocycles. The summed E-state index contributed by atoms with van der Waals surface area (Å²) in [5.74, 6) is 1.82. The van der Waals surface area contributed by atoms with Crippen molar-refractivity contribution >= 4 is 49.0 Å². The van der Waals surface area contributed by atoms with Gasteiger partial charge >= 0.3 is 0 Å². The van der Waals surface area contributed by atoms with Gasteiger partial charge in [-0.1, -0.05) is 12.1 Å². The summed E-state index contributed by atoms with van der Waals surface area (Å²) in [7, 11) is -2.37. The molecule has 0 amide bonds. The lowest BCUT2D eigenvalue weighted by atomic mass is 10.1. The van der Waals surface area contributed by atoms with Crippen molar-refractivity contribution in [2.24, 2.45) is 0 Å². The fraction of sp³-hybridized carbons (Fsp3) is 0.435. The molecule has 2 fully saturated rings. The Balaban J connectivity index is 1.34. The molecule has 1 aromatic carbocycles. The lowest BCUT2D eigenvalue weighted by molar-refractivity contribution is 0.122. The summed E-state index contributed by atoms with van der Waals surface area (Å²) < 4.78 is 28.8. The fourth-order valence-electron chi connectivity index (χ4n) is 4.79. The summed E-state index contributed by atoms with van der Waals surface area (Å²) >= 11 is 1.75. The second-order valence-corrected chi connectivity index (χ2v) is 11.0. The number of benzene rings is 1. The van der Waals surface area contributed by atoms with Gasteiger partial charge in [0, 0.05) is 61.6 Å². The molecule has 10 nitrogen and oxygen atoms in total. The van der Waals surface area contributed by atoms with E-state index in [2.05, 4.69) is 26.1 Å². The predicted octanol–water partition coefficient (Wildman–Crippen LogP) is 1.76. The van der Waals surface area contributed by atoms with Crippen LogP contribution in [-0.2, 0) is 22.0 Å². The normalized spacial score (nSPS) is 18.3. The molecule has 6 rings (SSSR count). The van der Waals surface area contributed by atoms with Gasteiger partial charge in [0.25, 0.3) is 0 Å². The number of aromatic amines is 1. The summed E-state index contributed by atoms with van der Waals surface area (Å²) in [6, 6.07) is 8.24. The first kappa shape index (κ1) is 22.8. The van der Waals surface area contributed by atoms with E-state index in [9.17, 15) is 8.42 Å². The van der Waals surface area contributed by atoms with Crippen LogP contribution in [0.15, 0.2) is 30.5 Å². The number of hydrogen-bond acceptors (Lipinski definition) is 10. The molecule has 4 aromatic rings. The van der Waals surface area contributed by atoms with Crippen LogP contribution in [0, 0.1) is 0 Å². The first-order chi connectivity index (χ1) is 17.1. The van der Waals surface area contributed by atoms with Gasteiger partial charge in [-0.05, 0) is 12.1 Å². The van der Waals surface area contributed by atoms with Gasteiger partial charge in [0.15, 0.2) is 22.3 Å². The van der Waals surface area contributed by atoms with Crippen molar-refractivity contribution in [1.82, 2.24) is 30.0 Å². The highest BCUT2D eigenvalue weighted by Gasteiger charge is 2.23. The van der Waals surface area contributed by atoms with Gasteiger partial charge in [-0.15, -0.1) is 11.3 Å². The Labute approximate surface area is 208 Å². The summed E-state index contributed by atoms with van der Waals surface area (Å²) in [5.41, 5.74) is 2.89. The van der Waals surface area contributed by atoms with Crippen molar-refractivity contribution in [1.29, 1.82) is 0 Å². The van der Waals surface area contributed by atoms with Crippen molar-refractivity contribution in [3.05, 3.63) is 35.3 Å². The van der Waals surface area contributed by atoms with Crippen molar-refractivity contribution < 1.29 is 13.2 Å². The fourth-order valence-corrected chi connectivity index (χ4v) is 6.55. The largest absolute Gasteiger partial charge is 0.378 e. The Kier molecular flexibility index (Phi) is 6.37. The van der Waals surface area contributed by atoms with E-state index in [4.69, 9.17) is 14.7 Å². The van der Waals surface area contributed by atoms with E-state index in [0.717, 1.165) is 78.3 Å². The Morgan fingerprint density at radius 1 is 1.03 bits per heavy atom. The number of hydrogen-bond donors (Lipinski definition) is 2. The van der Waals surface area contributed by atoms with E-state index in [0.29, 0.717) is 19.0 Å². The summed E-state index contributed by atoms with van der Waals surface area (Å²) in [6.45, 7) is 7.06. The molecule has 35 heavy (non-hydrogen) atoms. The van der Waals surface area contributed by atoms with E-state index < -0.39 is 10.7 Å². The quantitative estimate of drug-likeness (QED) is 0.373. The van der Waals surface area contributed by atoms with Gasteiger partial charge in [0.2, 0.25) is 0 Å². The molecular formula is C23H27N7O3S2. The Morgan fingerprint density at radius 3 is 2.63 bits per heavy atom. The van der Waals surface area contributed by atoms with Gasteiger partial charge in [-0.25, -0.2) is 18.4 Å². The van der Waals surface area contributed by atoms with Crippen LogP contribution in [0.2, 0.25) is 0 Å². The van der Waals surface area contributed by atoms with Crippen LogP contribution in [-0.4, -0.2) is 96.7 Å². The average molecular weight is 514 g/mol. The Bertz CT molecular complexity index is 1410. The molecule has 0 aliphatic carbocycles. The molecular weight excluding hydrogens is 486 g/mol. The first-order valence-electron chi connectivity index (χ1n) is 11.8. The van der Waals surface area contributed by atoms with Gasteiger partial charge in [-0.3, -0.25) is 14.9 Å².